The molecule has 30 heavy (non-hydrogen) atoms. The maximum atomic E-state index is 12.4. The predicted molar refractivity (Wildman–Crippen MR) is 109 cm³/mol. The van der Waals surface area contributed by atoms with E-state index in [0.29, 0.717) is 21.6 Å². The van der Waals surface area contributed by atoms with Crippen LogP contribution in [0.1, 0.15) is 10.4 Å². The molecule has 0 fully saturated rings. The molecule has 0 unspecified atom stereocenters. The molecule has 0 atom stereocenters. The van der Waals surface area contributed by atoms with E-state index in [9.17, 15) is 14.9 Å². The molecule has 3 rings (SSSR count). The Hall–Kier alpha value is -3.60. The number of rotatable bonds is 9. The van der Waals surface area contributed by atoms with Gasteiger partial charge in [0.15, 0.2) is 16.7 Å². The average Bonchev–Trinajstić information content (AvgIpc) is 3.15. The molecule has 0 aliphatic rings. The number of ether oxygens (including phenoxy) is 2. The van der Waals surface area contributed by atoms with Crippen molar-refractivity contribution in [1.29, 1.82) is 0 Å². The summed E-state index contributed by atoms with van der Waals surface area (Å²) in [6.07, 6.45) is 1.50. The molecule has 0 aliphatic carbocycles. The van der Waals surface area contributed by atoms with Crippen molar-refractivity contribution in [2.24, 2.45) is 7.05 Å². The number of hydrogen-bond acceptors (Lipinski definition) is 8. The van der Waals surface area contributed by atoms with E-state index < -0.39 is 10.8 Å². The number of aromatic nitrogens is 3. The predicted octanol–water partition coefficient (Wildman–Crippen LogP) is 2.69. The number of methoxy groups -OCH3 is 1. The van der Waals surface area contributed by atoms with Crippen molar-refractivity contribution in [1.82, 2.24) is 20.1 Å². The lowest BCUT2D eigenvalue weighted by Crippen LogP contribution is -2.28. The summed E-state index contributed by atoms with van der Waals surface area (Å²) < 4.78 is 12.4. The van der Waals surface area contributed by atoms with Gasteiger partial charge in [-0.15, -0.1) is 10.2 Å². The molecule has 0 bridgehead atoms. The average molecular weight is 429 g/mol. The van der Waals surface area contributed by atoms with E-state index in [1.54, 1.807) is 30.9 Å². The van der Waals surface area contributed by atoms with Crippen LogP contribution in [-0.2, 0) is 7.05 Å². The Balaban J connectivity index is 1.62. The zero-order valence-corrected chi connectivity index (χ0v) is 17.1. The Morgan fingerprint density at radius 2 is 2.03 bits per heavy atom. The second kappa shape index (κ2) is 9.74. The first-order chi connectivity index (χ1) is 14.5. The highest BCUT2D eigenvalue weighted by Crippen LogP contribution is 2.34. The smallest absolute Gasteiger partial charge is 0.284 e. The fourth-order valence-electron chi connectivity index (χ4n) is 2.52. The summed E-state index contributed by atoms with van der Waals surface area (Å²) in [6.45, 7) is 0.439. The summed E-state index contributed by atoms with van der Waals surface area (Å²) in [5.74, 6) is 0.724. The van der Waals surface area contributed by atoms with E-state index in [0.717, 1.165) is 11.8 Å². The number of nitrogens with one attached hydrogen (secondary N) is 1. The van der Waals surface area contributed by atoms with E-state index in [4.69, 9.17) is 9.47 Å². The van der Waals surface area contributed by atoms with Crippen LogP contribution in [0, 0.1) is 10.1 Å². The van der Waals surface area contributed by atoms with Gasteiger partial charge in [0.2, 0.25) is 0 Å². The van der Waals surface area contributed by atoms with Crippen LogP contribution in [0.25, 0.3) is 0 Å². The Bertz CT molecular complexity index is 1060. The lowest BCUT2D eigenvalue weighted by molar-refractivity contribution is -0.387. The molecule has 10 nitrogen and oxygen atoms in total. The van der Waals surface area contributed by atoms with Gasteiger partial charge in [-0.25, -0.2) is 0 Å². The Morgan fingerprint density at radius 3 is 2.70 bits per heavy atom. The van der Waals surface area contributed by atoms with Crippen LogP contribution in [-0.4, -0.2) is 45.9 Å². The standard InChI is InChI=1S/C19H19N5O5S/c1-23-12-21-22-19(23)30-17-8-7-13(11-14(17)24(26)27)18(25)20-9-10-29-16-6-4-3-5-15(16)28-2/h3-8,11-12H,9-10H2,1-2H3,(H,20,25). The quantitative estimate of drug-likeness (QED) is 0.313. The number of hydrogen-bond donors (Lipinski definition) is 1. The summed E-state index contributed by atoms with van der Waals surface area (Å²) >= 11 is 1.10. The molecule has 0 saturated heterocycles. The van der Waals surface area contributed by atoms with Crippen molar-refractivity contribution in [2.75, 3.05) is 20.3 Å². The Morgan fingerprint density at radius 1 is 1.27 bits per heavy atom. The van der Waals surface area contributed by atoms with Crippen LogP contribution in [0.15, 0.2) is 58.8 Å². The lowest BCUT2D eigenvalue weighted by Gasteiger charge is -2.11. The van der Waals surface area contributed by atoms with E-state index in [1.807, 2.05) is 12.1 Å². The molecule has 3 aromatic rings. The second-order valence-electron chi connectivity index (χ2n) is 6.02. The normalized spacial score (nSPS) is 10.5. The van der Waals surface area contributed by atoms with Crippen LogP contribution in [0.2, 0.25) is 0 Å². The van der Waals surface area contributed by atoms with Gasteiger partial charge >= 0.3 is 0 Å². The number of benzene rings is 2. The fraction of sp³-hybridized carbons (Fsp3) is 0.211. The highest BCUT2D eigenvalue weighted by atomic mass is 32.2. The molecule has 11 heteroatoms. The zero-order valence-electron chi connectivity index (χ0n) is 16.3. The number of para-hydroxylation sites is 2. The molecule has 1 heterocycles. The van der Waals surface area contributed by atoms with Crippen LogP contribution >= 0.6 is 11.8 Å². The number of nitro benzene ring substituents is 1. The summed E-state index contributed by atoms with van der Waals surface area (Å²) in [4.78, 5) is 23.7. The van der Waals surface area contributed by atoms with Crippen molar-refractivity contribution >= 4 is 23.4 Å². The van der Waals surface area contributed by atoms with Crippen molar-refractivity contribution in [3.05, 3.63) is 64.5 Å². The van der Waals surface area contributed by atoms with Gasteiger partial charge in [-0.3, -0.25) is 14.9 Å². The molecule has 0 aliphatic heterocycles. The number of aryl methyl sites for hydroxylation is 1. The van der Waals surface area contributed by atoms with Crippen molar-refractivity contribution in [2.45, 2.75) is 10.1 Å². The Kier molecular flexibility index (Phi) is 6.86. The van der Waals surface area contributed by atoms with Crippen LogP contribution < -0.4 is 14.8 Å². The molecule has 1 N–H and O–H groups in total. The summed E-state index contributed by atoms with van der Waals surface area (Å²) in [6, 6.07) is 11.5. The number of nitro groups is 1. The summed E-state index contributed by atoms with van der Waals surface area (Å²) in [5, 5.41) is 22.3. The molecule has 1 aromatic heterocycles. The first-order valence-corrected chi connectivity index (χ1v) is 9.65. The molecule has 0 saturated carbocycles. The van der Waals surface area contributed by atoms with Gasteiger partial charge < -0.3 is 19.4 Å². The molecule has 1 amide bonds. The number of carbonyl (C=O) groups excluding carboxylic acids is 1. The molecule has 2 aromatic carbocycles. The zero-order chi connectivity index (χ0) is 21.5. The van der Waals surface area contributed by atoms with Crippen molar-refractivity contribution in [3.8, 4) is 11.5 Å². The third-order valence-corrected chi connectivity index (χ3v) is 5.12. The van der Waals surface area contributed by atoms with Gasteiger partial charge in [0.1, 0.15) is 12.9 Å². The van der Waals surface area contributed by atoms with Gasteiger partial charge in [-0.1, -0.05) is 12.1 Å². The third kappa shape index (κ3) is 5.06. The topological polar surface area (TPSA) is 121 Å². The fourth-order valence-corrected chi connectivity index (χ4v) is 3.37. The molecule has 0 radical (unpaired) electrons. The highest BCUT2D eigenvalue weighted by Gasteiger charge is 2.20. The van der Waals surface area contributed by atoms with Crippen molar-refractivity contribution in [3.63, 3.8) is 0 Å². The third-order valence-electron chi connectivity index (χ3n) is 4.00. The molecule has 0 spiro atoms. The van der Waals surface area contributed by atoms with Gasteiger partial charge in [0, 0.05) is 18.7 Å². The molecule has 156 valence electrons. The van der Waals surface area contributed by atoms with E-state index in [-0.39, 0.29) is 24.4 Å². The monoisotopic (exact) mass is 429 g/mol. The maximum Gasteiger partial charge on any atom is 0.284 e. The summed E-state index contributed by atoms with van der Waals surface area (Å²) in [7, 11) is 3.28. The first kappa shape index (κ1) is 21.1. The van der Waals surface area contributed by atoms with Gasteiger partial charge in [0.05, 0.1) is 23.5 Å². The first-order valence-electron chi connectivity index (χ1n) is 8.84. The minimum absolute atomic E-state index is 0.180. The maximum absolute atomic E-state index is 12.4. The molecular weight excluding hydrogens is 410 g/mol. The Labute approximate surface area is 176 Å². The lowest BCUT2D eigenvalue weighted by atomic mass is 10.2. The van der Waals surface area contributed by atoms with Crippen LogP contribution in [0.3, 0.4) is 0 Å². The van der Waals surface area contributed by atoms with Crippen LogP contribution in [0.4, 0.5) is 5.69 Å². The SMILES string of the molecule is COc1ccccc1OCCNC(=O)c1ccc(Sc2nncn2C)c([N+](=O)[O-])c1. The van der Waals surface area contributed by atoms with Gasteiger partial charge in [-0.2, -0.15) is 0 Å². The minimum atomic E-state index is -0.528. The van der Waals surface area contributed by atoms with Gasteiger partial charge in [-0.05, 0) is 36.0 Å². The van der Waals surface area contributed by atoms with Crippen LogP contribution in [0.5, 0.6) is 11.5 Å². The second-order valence-corrected chi connectivity index (χ2v) is 7.03. The largest absolute Gasteiger partial charge is 0.493 e. The van der Waals surface area contributed by atoms with E-state index in [2.05, 4.69) is 15.5 Å². The van der Waals surface area contributed by atoms with E-state index >= 15 is 0 Å². The van der Waals surface area contributed by atoms with Gasteiger partial charge in [0.25, 0.3) is 11.6 Å². The molecular formula is C19H19N5O5S. The minimum Gasteiger partial charge on any atom is -0.493 e. The number of amides is 1. The number of carbonyl (C=O) groups is 1. The van der Waals surface area contributed by atoms with E-state index in [1.165, 1.54) is 24.5 Å². The number of nitrogens with zero attached hydrogens (tertiary/aromatic N) is 4. The summed E-state index contributed by atoms with van der Waals surface area (Å²) in [5.41, 5.74) is 0.00206. The highest BCUT2D eigenvalue weighted by molar-refractivity contribution is 7.99. The van der Waals surface area contributed by atoms with Crippen molar-refractivity contribution < 1.29 is 19.2 Å².